The molecule has 88 valence electrons. The van der Waals surface area contributed by atoms with E-state index in [0.29, 0.717) is 10.4 Å². The molecule has 4 nitrogen and oxygen atoms in total. The van der Waals surface area contributed by atoms with Crippen molar-refractivity contribution < 1.29 is 0 Å². The molecule has 1 unspecified atom stereocenters. The maximum atomic E-state index is 11.8. The molecule has 1 fully saturated rings. The Hall–Kier alpha value is -0.680. The molecule has 16 heavy (non-hydrogen) atoms. The second-order valence-corrected chi connectivity index (χ2v) is 5.89. The number of halogens is 1. The topological polar surface area (TPSA) is 46.9 Å². The Morgan fingerprint density at radius 2 is 2.44 bits per heavy atom. The fraction of sp³-hybridized carbons (Fsp3) is 0.636. The van der Waals surface area contributed by atoms with Crippen LogP contribution in [0.5, 0.6) is 0 Å². The van der Waals surface area contributed by atoms with Gasteiger partial charge in [-0.15, -0.1) is 0 Å². The van der Waals surface area contributed by atoms with Crippen LogP contribution in [-0.4, -0.2) is 21.6 Å². The van der Waals surface area contributed by atoms with Crippen molar-refractivity contribution in [3.63, 3.8) is 0 Å². The highest BCUT2D eigenvalue weighted by Crippen LogP contribution is 2.23. The summed E-state index contributed by atoms with van der Waals surface area (Å²) in [6.45, 7) is 6.08. The van der Waals surface area contributed by atoms with E-state index < -0.39 is 0 Å². The summed E-state index contributed by atoms with van der Waals surface area (Å²) in [7, 11) is 0. The van der Waals surface area contributed by atoms with Crippen molar-refractivity contribution in [2.75, 3.05) is 6.54 Å². The zero-order valence-corrected chi connectivity index (χ0v) is 11.1. The molecule has 0 amide bonds. The van der Waals surface area contributed by atoms with Crippen LogP contribution in [0, 0.1) is 5.92 Å². The van der Waals surface area contributed by atoms with E-state index >= 15 is 0 Å². The third-order valence-corrected chi connectivity index (χ3v) is 3.53. The van der Waals surface area contributed by atoms with Crippen LogP contribution in [0.2, 0.25) is 0 Å². The fourth-order valence-corrected chi connectivity index (χ4v) is 2.59. The van der Waals surface area contributed by atoms with Crippen LogP contribution in [0.1, 0.15) is 20.3 Å². The van der Waals surface area contributed by atoms with Crippen LogP contribution < -0.4 is 10.9 Å². The third-order valence-electron chi connectivity index (χ3n) is 2.98. The van der Waals surface area contributed by atoms with Gasteiger partial charge in [0.25, 0.3) is 5.56 Å². The predicted molar refractivity (Wildman–Crippen MR) is 66.4 cm³/mol. The molecule has 0 radical (unpaired) electrons. The van der Waals surface area contributed by atoms with Gasteiger partial charge in [-0.05, 0) is 42.1 Å². The van der Waals surface area contributed by atoms with Gasteiger partial charge in [0.1, 0.15) is 4.47 Å². The van der Waals surface area contributed by atoms with Crippen molar-refractivity contribution in [3.05, 3.63) is 27.4 Å². The molecule has 1 saturated heterocycles. The smallest absolute Gasteiger partial charge is 0.267 e. The van der Waals surface area contributed by atoms with E-state index in [1.54, 1.807) is 10.9 Å². The number of hydrogen-bond donors (Lipinski definition) is 1. The highest BCUT2D eigenvalue weighted by Gasteiger charge is 2.30. The molecule has 1 N–H and O–H groups in total. The molecule has 2 rings (SSSR count). The van der Waals surface area contributed by atoms with E-state index in [0.717, 1.165) is 19.5 Å². The first-order chi connectivity index (χ1) is 7.48. The summed E-state index contributed by atoms with van der Waals surface area (Å²) in [5, 5.41) is 3.45. The Labute approximate surface area is 103 Å². The van der Waals surface area contributed by atoms with Gasteiger partial charge >= 0.3 is 0 Å². The van der Waals surface area contributed by atoms with Gasteiger partial charge in [-0.3, -0.25) is 9.36 Å². The number of hydrogen-bond acceptors (Lipinski definition) is 3. The van der Waals surface area contributed by atoms with Crippen molar-refractivity contribution in [2.45, 2.75) is 32.4 Å². The van der Waals surface area contributed by atoms with Crippen molar-refractivity contribution in [1.29, 1.82) is 0 Å². The largest absolute Gasteiger partial charge is 0.311 e. The standard InChI is InChI=1S/C11H16BrN3O/c1-11(2)3-8(4-14-11)6-15-7-13-5-9(12)10(15)16/h5,7-8,14H,3-4,6H2,1-2H3. The van der Waals surface area contributed by atoms with Gasteiger partial charge in [0.2, 0.25) is 0 Å². The maximum absolute atomic E-state index is 11.8. The molecular formula is C11H16BrN3O. The van der Waals surface area contributed by atoms with Crippen LogP contribution in [0.15, 0.2) is 21.8 Å². The van der Waals surface area contributed by atoms with Crippen LogP contribution in [-0.2, 0) is 6.54 Å². The summed E-state index contributed by atoms with van der Waals surface area (Å²) in [6, 6.07) is 0. The summed E-state index contributed by atoms with van der Waals surface area (Å²) in [6.07, 6.45) is 4.24. The molecule has 1 aliphatic rings. The Morgan fingerprint density at radius 3 is 3.06 bits per heavy atom. The highest BCUT2D eigenvalue weighted by molar-refractivity contribution is 9.10. The number of nitrogens with one attached hydrogen (secondary N) is 1. The van der Waals surface area contributed by atoms with Gasteiger partial charge in [-0.25, -0.2) is 4.98 Å². The van der Waals surface area contributed by atoms with Crippen LogP contribution >= 0.6 is 15.9 Å². The second kappa shape index (κ2) is 4.30. The average Bonchev–Trinajstić information content (AvgIpc) is 2.53. The van der Waals surface area contributed by atoms with Gasteiger partial charge in [0.15, 0.2) is 0 Å². The minimum absolute atomic E-state index is 0.000272. The van der Waals surface area contributed by atoms with Crippen molar-refractivity contribution in [1.82, 2.24) is 14.9 Å². The first-order valence-electron chi connectivity index (χ1n) is 5.43. The van der Waals surface area contributed by atoms with Gasteiger partial charge in [-0.2, -0.15) is 0 Å². The van der Waals surface area contributed by atoms with Crippen molar-refractivity contribution in [3.8, 4) is 0 Å². The maximum Gasteiger partial charge on any atom is 0.267 e. The lowest BCUT2D eigenvalue weighted by atomic mass is 9.97. The molecule has 1 aliphatic heterocycles. The number of rotatable bonds is 2. The number of nitrogens with zero attached hydrogens (tertiary/aromatic N) is 2. The summed E-state index contributed by atoms with van der Waals surface area (Å²) in [5.41, 5.74) is 0.188. The molecule has 0 saturated carbocycles. The molecule has 0 bridgehead atoms. The minimum atomic E-state index is -0.000272. The molecule has 1 aromatic rings. The molecule has 0 spiro atoms. The first-order valence-corrected chi connectivity index (χ1v) is 6.22. The molecule has 2 heterocycles. The lowest BCUT2D eigenvalue weighted by Gasteiger charge is -2.17. The lowest BCUT2D eigenvalue weighted by Crippen LogP contribution is -2.31. The van der Waals surface area contributed by atoms with E-state index in [9.17, 15) is 4.79 Å². The van der Waals surface area contributed by atoms with E-state index in [1.165, 1.54) is 6.20 Å². The summed E-state index contributed by atoms with van der Waals surface area (Å²) in [5.74, 6) is 0.504. The quantitative estimate of drug-likeness (QED) is 0.894. The molecule has 5 heteroatoms. The Balaban J connectivity index is 2.11. The van der Waals surface area contributed by atoms with Crippen molar-refractivity contribution in [2.24, 2.45) is 5.92 Å². The molecule has 0 aromatic carbocycles. The fourth-order valence-electron chi connectivity index (χ4n) is 2.25. The van der Waals surface area contributed by atoms with Crippen molar-refractivity contribution >= 4 is 15.9 Å². The van der Waals surface area contributed by atoms with Gasteiger partial charge in [-0.1, -0.05) is 0 Å². The van der Waals surface area contributed by atoms with Crippen LogP contribution in [0.4, 0.5) is 0 Å². The zero-order valence-electron chi connectivity index (χ0n) is 9.53. The third kappa shape index (κ3) is 2.52. The van der Waals surface area contributed by atoms with Gasteiger partial charge in [0, 0.05) is 24.8 Å². The summed E-state index contributed by atoms with van der Waals surface area (Å²) < 4.78 is 2.21. The normalized spacial score (nSPS) is 23.6. The average molecular weight is 286 g/mol. The Bertz CT molecular complexity index is 441. The number of aromatic nitrogens is 2. The Kier molecular flexibility index (Phi) is 3.17. The highest BCUT2D eigenvalue weighted by atomic mass is 79.9. The minimum Gasteiger partial charge on any atom is -0.311 e. The molecule has 0 aliphatic carbocycles. The van der Waals surface area contributed by atoms with Crippen LogP contribution in [0.3, 0.4) is 0 Å². The summed E-state index contributed by atoms with van der Waals surface area (Å²) >= 11 is 3.21. The van der Waals surface area contributed by atoms with E-state index in [4.69, 9.17) is 0 Å². The SMILES string of the molecule is CC1(C)CC(Cn2cncc(Br)c2=O)CN1. The Morgan fingerprint density at radius 1 is 1.69 bits per heavy atom. The van der Waals surface area contributed by atoms with Crippen LogP contribution in [0.25, 0.3) is 0 Å². The second-order valence-electron chi connectivity index (χ2n) is 5.03. The predicted octanol–water partition coefficient (Wildman–Crippen LogP) is 1.39. The summed E-state index contributed by atoms with van der Waals surface area (Å²) in [4.78, 5) is 15.8. The first kappa shape index (κ1) is 11.8. The van der Waals surface area contributed by atoms with E-state index in [1.807, 2.05) is 0 Å². The lowest BCUT2D eigenvalue weighted by molar-refractivity contribution is 0.413. The monoisotopic (exact) mass is 285 g/mol. The van der Waals surface area contributed by atoms with Gasteiger partial charge in [0.05, 0.1) is 6.33 Å². The zero-order chi connectivity index (χ0) is 11.8. The van der Waals surface area contributed by atoms with Gasteiger partial charge < -0.3 is 5.32 Å². The van der Waals surface area contributed by atoms with E-state index in [2.05, 4.69) is 40.1 Å². The molecular weight excluding hydrogens is 270 g/mol. The molecule has 1 aromatic heterocycles. The van der Waals surface area contributed by atoms with E-state index in [-0.39, 0.29) is 11.1 Å². The molecule has 1 atom stereocenters.